The molecule has 1 N–H and O–H groups in total. The lowest BCUT2D eigenvalue weighted by Gasteiger charge is -2.48. The summed E-state index contributed by atoms with van der Waals surface area (Å²) in [5.41, 5.74) is 0.698. The highest BCUT2D eigenvalue weighted by molar-refractivity contribution is 5.89. The Kier molecular flexibility index (Phi) is 4.93. The number of benzene rings is 1. The summed E-state index contributed by atoms with van der Waals surface area (Å²) in [6.45, 7) is 1.44. The molecule has 5 heteroatoms. The number of carbonyl (C=O) groups excluding carboxylic acids is 1. The standard InChI is InChI=1S/C21H29NO4/c1-24-13-17-18(16-9-12-26-19(16)17)22-20(23)21(10-3-4-11-21)14-5-7-15(25-2)8-6-14/h5-8,16-19H,3-4,9-13H2,1-2H3,(H,22,23)/t16-,17+,18+,19-/m0/s1. The molecule has 1 amide bonds. The van der Waals surface area contributed by atoms with Crippen molar-refractivity contribution in [3.05, 3.63) is 29.8 Å². The quantitative estimate of drug-likeness (QED) is 0.848. The number of hydrogen-bond acceptors (Lipinski definition) is 4. The SMILES string of the molecule is COC[C@@H]1[C@H](NC(=O)C2(c3ccc(OC)cc3)CCCC2)[C@@H]2CCO[C@H]12. The summed E-state index contributed by atoms with van der Waals surface area (Å²) in [5.74, 6) is 1.71. The molecule has 2 aliphatic carbocycles. The Morgan fingerprint density at radius 3 is 2.62 bits per heavy atom. The van der Waals surface area contributed by atoms with Crippen molar-refractivity contribution < 1.29 is 19.0 Å². The second-order valence-corrected chi connectivity index (χ2v) is 7.92. The summed E-state index contributed by atoms with van der Waals surface area (Å²) in [6, 6.07) is 8.20. The van der Waals surface area contributed by atoms with Crippen LogP contribution in [-0.2, 0) is 19.7 Å². The minimum absolute atomic E-state index is 0.172. The van der Waals surface area contributed by atoms with Gasteiger partial charge in [-0.2, -0.15) is 0 Å². The molecule has 0 spiro atoms. The molecule has 4 atom stereocenters. The highest BCUT2D eigenvalue weighted by atomic mass is 16.5. The van der Waals surface area contributed by atoms with Crippen molar-refractivity contribution >= 4 is 5.91 Å². The first-order chi connectivity index (χ1) is 12.7. The van der Waals surface area contributed by atoms with E-state index in [-0.39, 0.29) is 24.0 Å². The monoisotopic (exact) mass is 359 g/mol. The molecule has 1 aliphatic heterocycles. The molecule has 0 radical (unpaired) electrons. The predicted molar refractivity (Wildman–Crippen MR) is 98.3 cm³/mol. The van der Waals surface area contributed by atoms with Gasteiger partial charge in [0, 0.05) is 31.6 Å². The minimum Gasteiger partial charge on any atom is -0.497 e. The van der Waals surface area contributed by atoms with E-state index in [0.717, 1.165) is 50.0 Å². The van der Waals surface area contributed by atoms with Gasteiger partial charge in [0.2, 0.25) is 5.91 Å². The van der Waals surface area contributed by atoms with Gasteiger partial charge < -0.3 is 19.5 Å². The maximum atomic E-state index is 13.4. The van der Waals surface area contributed by atoms with Crippen molar-refractivity contribution in [3.63, 3.8) is 0 Å². The van der Waals surface area contributed by atoms with E-state index in [1.165, 1.54) is 0 Å². The van der Waals surface area contributed by atoms with Crippen molar-refractivity contribution in [2.45, 2.75) is 49.7 Å². The Morgan fingerprint density at radius 2 is 1.96 bits per heavy atom. The fraction of sp³-hybridized carbons (Fsp3) is 0.667. The Bertz CT molecular complexity index is 638. The molecule has 1 aromatic rings. The van der Waals surface area contributed by atoms with Gasteiger partial charge in [-0.05, 0) is 37.0 Å². The molecule has 2 saturated carbocycles. The summed E-state index contributed by atoms with van der Waals surface area (Å²) >= 11 is 0. The third-order valence-corrected chi connectivity index (χ3v) is 6.72. The van der Waals surface area contributed by atoms with Crippen LogP contribution in [0.1, 0.15) is 37.7 Å². The van der Waals surface area contributed by atoms with Crippen LogP contribution in [0.4, 0.5) is 0 Å². The molecule has 26 heavy (non-hydrogen) atoms. The van der Waals surface area contributed by atoms with Gasteiger partial charge in [0.25, 0.3) is 0 Å². The van der Waals surface area contributed by atoms with Crippen molar-refractivity contribution in [3.8, 4) is 5.75 Å². The molecule has 1 saturated heterocycles. The fourth-order valence-electron chi connectivity index (χ4n) is 5.26. The van der Waals surface area contributed by atoms with Crippen LogP contribution >= 0.6 is 0 Å². The average molecular weight is 359 g/mol. The van der Waals surface area contributed by atoms with E-state index in [0.29, 0.717) is 12.5 Å². The third kappa shape index (κ3) is 2.81. The summed E-state index contributed by atoms with van der Waals surface area (Å²) in [7, 11) is 3.39. The van der Waals surface area contributed by atoms with Crippen LogP contribution in [-0.4, -0.2) is 45.5 Å². The summed E-state index contributed by atoms with van der Waals surface area (Å²) in [5, 5.41) is 3.40. The first-order valence-corrected chi connectivity index (χ1v) is 9.75. The van der Waals surface area contributed by atoms with Gasteiger partial charge >= 0.3 is 0 Å². The smallest absolute Gasteiger partial charge is 0.230 e. The number of ether oxygens (including phenoxy) is 3. The molecule has 5 nitrogen and oxygen atoms in total. The Morgan fingerprint density at radius 1 is 1.23 bits per heavy atom. The molecule has 3 fully saturated rings. The molecule has 1 heterocycles. The van der Waals surface area contributed by atoms with Crippen molar-refractivity contribution in [1.82, 2.24) is 5.32 Å². The van der Waals surface area contributed by atoms with Gasteiger partial charge in [-0.25, -0.2) is 0 Å². The van der Waals surface area contributed by atoms with E-state index in [1.807, 2.05) is 12.1 Å². The number of amides is 1. The van der Waals surface area contributed by atoms with E-state index >= 15 is 0 Å². The maximum Gasteiger partial charge on any atom is 0.230 e. The molecule has 0 unspecified atom stereocenters. The number of fused-ring (bicyclic) bond motifs is 1. The largest absolute Gasteiger partial charge is 0.497 e. The first-order valence-electron chi connectivity index (χ1n) is 9.75. The predicted octanol–water partition coefficient (Wildman–Crippen LogP) is 2.67. The van der Waals surface area contributed by atoms with Crippen molar-refractivity contribution in [1.29, 1.82) is 0 Å². The van der Waals surface area contributed by atoms with Crippen molar-refractivity contribution in [2.24, 2.45) is 11.8 Å². The first kappa shape index (κ1) is 17.8. The van der Waals surface area contributed by atoms with Gasteiger partial charge in [0.15, 0.2) is 0 Å². The zero-order valence-electron chi connectivity index (χ0n) is 15.7. The molecular formula is C21H29NO4. The number of nitrogens with one attached hydrogen (secondary N) is 1. The lowest BCUT2D eigenvalue weighted by Crippen LogP contribution is -2.64. The summed E-state index contributed by atoms with van der Waals surface area (Å²) in [4.78, 5) is 13.4. The average Bonchev–Trinajstić information content (AvgIpc) is 3.32. The van der Waals surface area contributed by atoms with E-state index in [4.69, 9.17) is 14.2 Å². The molecule has 0 bridgehead atoms. The second-order valence-electron chi connectivity index (χ2n) is 7.92. The summed E-state index contributed by atoms with van der Waals surface area (Å²) in [6.07, 6.45) is 5.31. The topological polar surface area (TPSA) is 56.8 Å². The number of rotatable bonds is 6. The van der Waals surface area contributed by atoms with Gasteiger partial charge in [0.05, 0.1) is 25.2 Å². The van der Waals surface area contributed by atoms with Crippen LogP contribution in [0.2, 0.25) is 0 Å². The Balaban J connectivity index is 1.54. The van der Waals surface area contributed by atoms with Crippen LogP contribution < -0.4 is 10.1 Å². The maximum absolute atomic E-state index is 13.4. The normalized spacial score (nSPS) is 31.9. The lowest BCUT2D eigenvalue weighted by atomic mass is 9.66. The van der Waals surface area contributed by atoms with E-state index < -0.39 is 5.41 Å². The minimum atomic E-state index is -0.408. The van der Waals surface area contributed by atoms with Crippen LogP contribution in [0.15, 0.2) is 24.3 Å². The van der Waals surface area contributed by atoms with Crippen molar-refractivity contribution in [2.75, 3.05) is 27.4 Å². The highest BCUT2D eigenvalue weighted by Crippen LogP contribution is 2.46. The number of carbonyl (C=O) groups is 1. The Labute approximate surface area is 155 Å². The van der Waals surface area contributed by atoms with Crippen LogP contribution in [0.3, 0.4) is 0 Å². The van der Waals surface area contributed by atoms with Crippen LogP contribution in [0, 0.1) is 11.8 Å². The number of methoxy groups -OCH3 is 2. The lowest BCUT2D eigenvalue weighted by molar-refractivity contribution is -0.135. The fourth-order valence-corrected chi connectivity index (χ4v) is 5.26. The zero-order valence-corrected chi connectivity index (χ0v) is 15.7. The van der Waals surface area contributed by atoms with Gasteiger partial charge in [0.1, 0.15) is 5.75 Å². The van der Waals surface area contributed by atoms with Gasteiger partial charge in [-0.1, -0.05) is 25.0 Å². The zero-order chi connectivity index (χ0) is 18.1. The molecular weight excluding hydrogens is 330 g/mol. The highest BCUT2D eigenvalue weighted by Gasteiger charge is 2.55. The Hall–Kier alpha value is -1.59. The number of hydrogen-bond donors (Lipinski definition) is 1. The second kappa shape index (κ2) is 7.20. The van der Waals surface area contributed by atoms with Crippen LogP contribution in [0.25, 0.3) is 0 Å². The van der Waals surface area contributed by atoms with Gasteiger partial charge in [-0.3, -0.25) is 4.79 Å². The molecule has 1 aromatic carbocycles. The van der Waals surface area contributed by atoms with E-state index in [9.17, 15) is 4.79 Å². The molecule has 3 aliphatic rings. The third-order valence-electron chi connectivity index (χ3n) is 6.72. The molecule has 0 aromatic heterocycles. The van der Waals surface area contributed by atoms with Gasteiger partial charge in [-0.15, -0.1) is 0 Å². The molecule has 142 valence electrons. The van der Waals surface area contributed by atoms with E-state index in [2.05, 4.69) is 17.4 Å². The molecule has 4 rings (SSSR count). The summed E-state index contributed by atoms with van der Waals surface area (Å²) < 4.78 is 16.5. The van der Waals surface area contributed by atoms with Crippen LogP contribution in [0.5, 0.6) is 5.75 Å². The van der Waals surface area contributed by atoms with E-state index in [1.54, 1.807) is 14.2 Å².